The Morgan fingerprint density at radius 1 is 1.54 bits per heavy atom. The molecule has 0 bridgehead atoms. The molecule has 0 aliphatic heterocycles. The lowest BCUT2D eigenvalue weighted by atomic mass is 10.2. The first-order valence-corrected chi connectivity index (χ1v) is 4.12. The van der Waals surface area contributed by atoms with E-state index in [1.54, 1.807) is 13.0 Å². The predicted molar refractivity (Wildman–Crippen MR) is 53.1 cm³/mol. The number of halogens is 1. The number of aryl methyl sites for hydroxylation is 1. The monoisotopic (exact) mass is 177 g/mol. The molecule has 0 spiro atoms. The van der Waals surface area contributed by atoms with E-state index < -0.39 is 0 Å². The van der Waals surface area contributed by atoms with E-state index in [9.17, 15) is 4.39 Å². The maximum atomic E-state index is 13.0. The minimum atomic E-state index is -0.214. The first-order chi connectivity index (χ1) is 6.13. The van der Waals surface area contributed by atoms with Gasteiger partial charge in [-0.2, -0.15) is 0 Å². The van der Waals surface area contributed by atoms with Crippen molar-refractivity contribution in [3.63, 3.8) is 0 Å². The summed E-state index contributed by atoms with van der Waals surface area (Å²) in [5.41, 5.74) is 1.35. The van der Waals surface area contributed by atoms with Crippen molar-refractivity contribution in [1.82, 2.24) is 0 Å². The molecule has 0 saturated heterocycles. The Bertz CT molecular complexity index is 338. The molecule has 0 aliphatic rings. The Kier molecular flexibility index (Phi) is 2.92. The topological polar surface area (TPSA) is 12.0 Å². The van der Waals surface area contributed by atoms with Crippen LogP contribution in [0.4, 0.5) is 10.1 Å². The van der Waals surface area contributed by atoms with E-state index in [4.69, 9.17) is 6.42 Å². The predicted octanol–water partition coefficient (Wildman–Crippen LogP) is 2.57. The average molecular weight is 177 g/mol. The Morgan fingerprint density at radius 2 is 2.23 bits per heavy atom. The van der Waals surface area contributed by atoms with Crippen LogP contribution < -0.4 is 5.32 Å². The van der Waals surface area contributed by atoms with Crippen LogP contribution in [-0.4, -0.2) is 6.04 Å². The molecule has 0 aromatic heterocycles. The average Bonchev–Trinajstić information content (AvgIpc) is 2.11. The summed E-state index contributed by atoms with van der Waals surface area (Å²) in [5, 5.41) is 2.98. The summed E-state index contributed by atoms with van der Waals surface area (Å²) in [5.74, 6) is 2.30. The highest BCUT2D eigenvalue weighted by Crippen LogP contribution is 2.14. The van der Waals surface area contributed by atoms with E-state index in [1.165, 1.54) is 6.07 Å². The van der Waals surface area contributed by atoms with Crippen molar-refractivity contribution in [1.29, 1.82) is 0 Å². The maximum Gasteiger partial charge on any atom is 0.128 e. The largest absolute Gasteiger partial charge is 0.372 e. The molecule has 1 aromatic rings. The van der Waals surface area contributed by atoms with Gasteiger partial charge in [-0.3, -0.25) is 0 Å². The minimum Gasteiger partial charge on any atom is -0.372 e. The van der Waals surface area contributed by atoms with Crippen molar-refractivity contribution in [3.05, 3.63) is 29.6 Å². The van der Waals surface area contributed by atoms with Crippen molar-refractivity contribution in [2.75, 3.05) is 5.32 Å². The lowest BCUT2D eigenvalue weighted by Crippen LogP contribution is -2.12. The van der Waals surface area contributed by atoms with Crippen molar-refractivity contribution < 1.29 is 4.39 Å². The zero-order valence-electron chi connectivity index (χ0n) is 7.76. The molecule has 1 N–H and O–H groups in total. The van der Waals surface area contributed by atoms with Crippen LogP contribution in [-0.2, 0) is 0 Å². The van der Waals surface area contributed by atoms with E-state index in [-0.39, 0.29) is 11.9 Å². The highest BCUT2D eigenvalue weighted by atomic mass is 19.1. The van der Waals surface area contributed by atoms with Crippen LogP contribution >= 0.6 is 0 Å². The fourth-order valence-electron chi connectivity index (χ4n) is 0.974. The second-order valence-electron chi connectivity index (χ2n) is 3.00. The number of terminal acetylenes is 1. The molecule has 1 atom stereocenters. The van der Waals surface area contributed by atoms with Gasteiger partial charge in [0.1, 0.15) is 5.82 Å². The van der Waals surface area contributed by atoms with Gasteiger partial charge in [0.25, 0.3) is 0 Å². The number of hydrogen-bond donors (Lipinski definition) is 1. The van der Waals surface area contributed by atoms with Gasteiger partial charge >= 0.3 is 0 Å². The Hall–Kier alpha value is -1.49. The number of nitrogens with one attached hydrogen (secondary N) is 1. The zero-order valence-corrected chi connectivity index (χ0v) is 7.76. The zero-order chi connectivity index (χ0) is 9.84. The molecule has 1 rings (SSSR count). The molecular weight excluding hydrogens is 165 g/mol. The van der Waals surface area contributed by atoms with Crippen LogP contribution in [0, 0.1) is 25.1 Å². The van der Waals surface area contributed by atoms with E-state index in [0.717, 1.165) is 0 Å². The van der Waals surface area contributed by atoms with Crippen LogP contribution in [0.1, 0.15) is 12.5 Å². The molecule has 0 fully saturated rings. The normalized spacial score (nSPS) is 11.8. The Morgan fingerprint density at radius 3 is 2.77 bits per heavy atom. The van der Waals surface area contributed by atoms with E-state index in [2.05, 4.69) is 11.2 Å². The van der Waals surface area contributed by atoms with Gasteiger partial charge in [0.05, 0.1) is 6.04 Å². The molecule has 1 aromatic carbocycles. The molecule has 1 unspecified atom stereocenters. The van der Waals surface area contributed by atoms with Crippen LogP contribution in [0.5, 0.6) is 0 Å². The second-order valence-corrected chi connectivity index (χ2v) is 3.00. The molecule has 0 saturated carbocycles. The lowest BCUT2D eigenvalue weighted by Gasteiger charge is -2.09. The number of rotatable bonds is 2. The van der Waals surface area contributed by atoms with Gasteiger partial charge in [-0.05, 0) is 31.5 Å². The molecular formula is C11H12FN. The molecule has 0 aliphatic carbocycles. The van der Waals surface area contributed by atoms with Crippen molar-refractivity contribution in [2.45, 2.75) is 19.9 Å². The summed E-state index contributed by atoms with van der Waals surface area (Å²) < 4.78 is 13.0. The molecule has 0 heterocycles. The number of benzene rings is 1. The standard InChI is InChI=1S/C11H12FN/c1-4-9(3)13-10-6-5-8(2)11(12)7-10/h1,5-7,9,13H,2-3H3. The van der Waals surface area contributed by atoms with Gasteiger partial charge in [-0.1, -0.05) is 12.0 Å². The van der Waals surface area contributed by atoms with Gasteiger partial charge in [0.15, 0.2) is 0 Å². The summed E-state index contributed by atoms with van der Waals surface area (Å²) in [4.78, 5) is 0. The summed E-state index contributed by atoms with van der Waals surface area (Å²) in [6.07, 6.45) is 5.18. The molecule has 2 heteroatoms. The third-order valence-electron chi connectivity index (χ3n) is 1.81. The van der Waals surface area contributed by atoms with Crippen LogP contribution in [0.3, 0.4) is 0 Å². The summed E-state index contributed by atoms with van der Waals surface area (Å²) >= 11 is 0. The second kappa shape index (κ2) is 3.95. The highest BCUT2D eigenvalue weighted by molar-refractivity contribution is 5.47. The van der Waals surface area contributed by atoms with Crippen LogP contribution in [0.15, 0.2) is 18.2 Å². The van der Waals surface area contributed by atoms with E-state index in [1.807, 2.05) is 13.0 Å². The molecule has 68 valence electrons. The summed E-state index contributed by atoms with van der Waals surface area (Å²) in [6, 6.07) is 4.90. The number of hydrogen-bond acceptors (Lipinski definition) is 1. The quantitative estimate of drug-likeness (QED) is 0.684. The Labute approximate surface area is 78.0 Å². The van der Waals surface area contributed by atoms with Gasteiger partial charge in [-0.15, -0.1) is 6.42 Å². The summed E-state index contributed by atoms with van der Waals surface area (Å²) in [7, 11) is 0. The third kappa shape index (κ3) is 2.48. The van der Waals surface area contributed by atoms with Crippen LogP contribution in [0.2, 0.25) is 0 Å². The van der Waals surface area contributed by atoms with Crippen molar-refractivity contribution in [3.8, 4) is 12.3 Å². The lowest BCUT2D eigenvalue weighted by molar-refractivity contribution is 0.619. The molecule has 0 radical (unpaired) electrons. The van der Waals surface area contributed by atoms with Gasteiger partial charge in [0, 0.05) is 5.69 Å². The van der Waals surface area contributed by atoms with Gasteiger partial charge in [0.2, 0.25) is 0 Å². The molecule has 13 heavy (non-hydrogen) atoms. The highest BCUT2D eigenvalue weighted by Gasteiger charge is 2.00. The maximum absolute atomic E-state index is 13.0. The first-order valence-electron chi connectivity index (χ1n) is 4.12. The fourth-order valence-corrected chi connectivity index (χ4v) is 0.974. The SMILES string of the molecule is C#CC(C)Nc1ccc(C)c(F)c1. The van der Waals surface area contributed by atoms with Crippen LogP contribution in [0.25, 0.3) is 0 Å². The number of anilines is 1. The fraction of sp³-hybridized carbons (Fsp3) is 0.273. The third-order valence-corrected chi connectivity index (χ3v) is 1.81. The van der Waals surface area contributed by atoms with E-state index >= 15 is 0 Å². The van der Waals surface area contributed by atoms with Gasteiger partial charge in [-0.25, -0.2) is 4.39 Å². The Balaban J connectivity index is 2.81. The smallest absolute Gasteiger partial charge is 0.128 e. The molecule has 1 nitrogen and oxygen atoms in total. The van der Waals surface area contributed by atoms with E-state index in [0.29, 0.717) is 11.3 Å². The van der Waals surface area contributed by atoms with Crippen molar-refractivity contribution >= 4 is 5.69 Å². The summed E-state index contributed by atoms with van der Waals surface area (Å²) in [6.45, 7) is 3.57. The van der Waals surface area contributed by atoms with Crippen molar-refractivity contribution in [2.24, 2.45) is 0 Å². The minimum absolute atomic E-state index is 0.0814. The molecule has 0 amide bonds. The first kappa shape index (κ1) is 9.60. The van der Waals surface area contributed by atoms with Gasteiger partial charge < -0.3 is 5.32 Å².